The second kappa shape index (κ2) is 1.43. The average molecular weight is 118 g/mol. The van der Waals surface area contributed by atoms with Gasteiger partial charge in [0.05, 0.1) is 0 Å². The molecule has 44 valence electrons. The predicted molar refractivity (Wildman–Crippen MR) is 21.4 cm³/mol. The maximum Gasteiger partial charge on any atom is 0.353 e. The number of nitrogens with zero attached hydrogens (tertiary/aromatic N) is 1. The summed E-state index contributed by atoms with van der Waals surface area (Å²) in [6, 6.07) is -0.977. The molecule has 1 fully saturated rings. The molecule has 1 rings (SSSR count). The van der Waals surface area contributed by atoms with Crippen LogP contribution in [0.2, 0.25) is 0 Å². The van der Waals surface area contributed by atoms with Crippen LogP contribution in [0.4, 0.5) is 9.28 Å². The minimum absolute atomic E-state index is 0.227. The van der Waals surface area contributed by atoms with Crippen LogP contribution in [0.25, 0.3) is 0 Å². The maximum absolute atomic E-state index is 11.8. The van der Waals surface area contributed by atoms with E-state index in [1.54, 1.807) is 0 Å². The summed E-state index contributed by atoms with van der Waals surface area (Å²) in [5.74, 6) is -0.838. The first-order valence-electron chi connectivity index (χ1n) is 1.98. The van der Waals surface area contributed by atoms with Crippen molar-refractivity contribution in [3.8, 4) is 0 Å². The summed E-state index contributed by atoms with van der Waals surface area (Å²) in [6.45, 7) is -0.227. The zero-order valence-electron chi connectivity index (χ0n) is 3.85. The second-order valence-corrected chi connectivity index (χ2v) is 1.33. The van der Waals surface area contributed by atoms with Crippen LogP contribution in [0, 0.1) is 0 Å². The van der Waals surface area contributed by atoms with Gasteiger partial charge >= 0.3 is 6.03 Å². The van der Waals surface area contributed by atoms with E-state index in [1.165, 1.54) is 0 Å². The number of rotatable bonds is 0. The molecular formula is C3H3FN2O2. The zero-order chi connectivity index (χ0) is 6.15. The van der Waals surface area contributed by atoms with Crippen molar-refractivity contribution in [1.29, 1.82) is 0 Å². The quantitative estimate of drug-likeness (QED) is 0.342. The smallest absolute Gasteiger partial charge is 0.326 e. The lowest BCUT2D eigenvalue weighted by molar-refractivity contribution is -0.134. The average Bonchev–Trinajstić information content (AvgIpc) is 1.98. The first-order chi connectivity index (χ1) is 3.72. The van der Waals surface area contributed by atoms with Crippen molar-refractivity contribution in [3.63, 3.8) is 0 Å². The largest absolute Gasteiger partial charge is 0.353 e. The topological polar surface area (TPSA) is 49.4 Å². The molecular weight excluding hydrogens is 115 g/mol. The van der Waals surface area contributed by atoms with Gasteiger partial charge in [0, 0.05) is 0 Å². The number of amides is 3. The van der Waals surface area contributed by atoms with E-state index >= 15 is 0 Å². The van der Waals surface area contributed by atoms with Crippen molar-refractivity contribution in [1.82, 2.24) is 10.4 Å². The van der Waals surface area contributed by atoms with Crippen LogP contribution in [0.3, 0.4) is 0 Å². The maximum atomic E-state index is 11.8. The molecule has 0 aromatic carbocycles. The molecule has 0 radical (unpaired) electrons. The lowest BCUT2D eigenvalue weighted by Crippen LogP contribution is -2.21. The first kappa shape index (κ1) is 5.02. The Labute approximate surface area is 44.2 Å². The summed E-state index contributed by atoms with van der Waals surface area (Å²) in [5, 5.41) is 1.54. The van der Waals surface area contributed by atoms with Crippen LogP contribution < -0.4 is 5.32 Å². The molecule has 1 N–H and O–H groups in total. The number of carbonyl (C=O) groups is 2. The Bertz CT molecular complexity index is 130. The fourth-order valence-electron chi connectivity index (χ4n) is 0.403. The van der Waals surface area contributed by atoms with Gasteiger partial charge in [-0.25, -0.2) is 4.79 Å². The second-order valence-electron chi connectivity index (χ2n) is 1.33. The normalized spacial score (nSPS) is 19.4. The van der Waals surface area contributed by atoms with E-state index in [0.717, 1.165) is 0 Å². The molecule has 8 heavy (non-hydrogen) atoms. The monoisotopic (exact) mass is 118 g/mol. The van der Waals surface area contributed by atoms with Crippen molar-refractivity contribution >= 4 is 11.9 Å². The fraction of sp³-hybridized carbons (Fsp3) is 0.333. The third-order valence-corrected chi connectivity index (χ3v) is 0.788. The minimum Gasteiger partial charge on any atom is -0.326 e. The Morgan fingerprint density at radius 1 is 1.62 bits per heavy atom. The molecule has 0 aromatic rings. The van der Waals surface area contributed by atoms with E-state index in [4.69, 9.17) is 0 Å². The highest BCUT2D eigenvalue weighted by molar-refractivity contribution is 6.00. The first-order valence-corrected chi connectivity index (χ1v) is 1.98. The Morgan fingerprint density at radius 3 is 2.38 bits per heavy atom. The lowest BCUT2D eigenvalue weighted by Gasteiger charge is -1.92. The molecule has 0 atom stereocenters. The number of carbonyl (C=O) groups excluding carboxylic acids is 2. The van der Waals surface area contributed by atoms with E-state index in [0.29, 0.717) is 0 Å². The molecule has 0 aromatic heterocycles. The zero-order valence-corrected chi connectivity index (χ0v) is 3.85. The summed E-state index contributed by atoms with van der Waals surface area (Å²) in [4.78, 5) is 20.1. The van der Waals surface area contributed by atoms with Crippen LogP contribution in [-0.4, -0.2) is 23.6 Å². The third kappa shape index (κ3) is 0.518. The molecule has 4 nitrogen and oxygen atoms in total. The van der Waals surface area contributed by atoms with Gasteiger partial charge in [0.2, 0.25) is 0 Å². The van der Waals surface area contributed by atoms with Gasteiger partial charge in [-0.1, -0.05) is 9.60 Å². The van der Waals surface area contributed by atoms with Gasteiger partial charge in [-0.15, -0.1) is 0 Å². The van der Waals surface area contributed by atoms with Gasteiger partial charge in [-0.3, -0.25) is 4.79 Å². The highest BCUT2D eigenvalue weighted by atomic mass is 19.2. The van der Waals surface area contributed by atoms with Crippen LogP contribution in [0.1, 0.15) is 0 Å². The van der Waals surface area contributed by atoms with Crippen LogP contribution in [0.15, 0.2) is 0 Å². The summed E-state index contributed by atoms with van der Waals surface area (Å²) in [6.07, 6.45) is 0. The standard InChI is InChI=1S/C3H3FN2O2/c4-6-2(7)1-5-3(6)8/h1H2,(H,5,8). The number of hydrogen-bond acceptors (Lipinski definition) is 2. The number of halogens is 1. The third-order valence-electron chi connectivity index (χ3n) is 0.788. The summed E-state index contributed by atoms with van der Waals surface area (Å²) >= 11 is 0. The van der Waals surface area contributed by atoms with E-state index < -0.39 is 17.1 Å². The van der Waals surface area contributed by atoms with Crippen molar-refractivity contribution in [2.45, 2.75) is 0 Å². The van der Waals surface area contributed by atoms with Crippen molar-refractivity contribution in [3.05, 3.63) is 0 Å². The molecule has 0 aliphatic carbocycles. The molecule has 1 aliphatic heterocycles. The van der Waals surface area contributed by atoms with E-state index in [2.05, 4.69) is 0 Å². The highest BCUT2D eigenvalue weighted by Gasteiger charge is 2.28. The molecule has 0 spiro atoms. The summed E-state index contributed by atoms with van der Waals surface area (Å²) in [5.41, 5.74) is 0. The molecule has 3 amide bonds. The lowest BCUT2D eigenvalue weighted by atomic mass is 10.7. The SMILES string of the molecule is O=C1CNC(=O)N1F. The van der Waals surface area contributed by atoms with Gasteiger partial charge < -0.3 is 5.32 Å². The van der Waals surface area contributed by atoms with Crippen LogP contribution in [0.5, 0.6) is 0 Å². The Kier molecular flexibility index (Phi) is 0.896. The molecule has 1 saturated heterocycles. The fourth-order valence-corrected chi connectivity index (χ4v) is 0.403. The Balaban J connectivity index is 2.70. The van der Waals surface area contributed by atoms with E-state index in [-0.39, 0.29) is 6.54 Å². The Hall–Kier alpha value is -1.13. The van der Waals surface area contributed by atoms with E-state index in [1.807, 2.05) is 5.32 Å². The van der Waals surface area contributed by atoms with Crippen LogP contribution in [-0.2, 0) is 4.79 Å². The number of imide groups is 1. The molecule has 0 bridgehead atoms. The summed E-state index contributed by atoms with van der Waals surface area (Å²) < 4.78 is 11.8. The summed E-state index contributed by atoms with van der Waals surface area (Å²) in [7, 11) is 0. The minimum atomic E-state index is -0.977. The highest BCUT2D eigenvalue weighted by Crippen LogP contribution is 1.96. The molecule has 5 heteroatoms. The van der Waals surface area contributed by atoms with Crippen molar-refractivity contribution in [2.75, 3.05) is 6.54 Å². The number of urea groups is 1. The van der Waals surface area contributed by atoms with Gasteiger partial charge in [0.25, 0.3) is 5.91 Å². The van der Waals surface area contributed by atoms with Gasteiger partial charge in [0.15, 0.2) is 0 Å². The van der Waals surface area contributed by atoms with Gasteiger partial charge in [0.1, 0.15) is 6.54 Å². The Morgan fingerprint density at radius 2 is 2.25 bits per heavy atom. The van der Waals surface area contributed by atoms with Crippen LogP contribution >= 0.6 is 0 Å². The van der Waals surface area contributed by atoms with Gasteiger partial charge in [-0.05, 0) is 0 Å². The molecule has 1 heterocycles. The van der Waals surface area contributed by atoms with E-state index in [9.17, 15) is 14.1 Å². The molecule has 1 aliphatic rings. The van der Waals surface area contributed by atoms with Gasteiger partial charge in [-0.2, -0.15) is 0 Å². The number of nitrogens with one attached hydrogen (secondary N) is 1. The van der Waals surface area contributed by atoms with Crippen molar-refractivity contribution in [2.24, 2.45) is 0 Å². The molecule has 0 saturated carbocycles. The van der Waals surface area contributed by atoms with Crippen molar-refractivity contribution < 1.29 is 14.1 Å². The predicted octanol–water partition coefficient (Wildman–Crippen LogP) is -0.577. The molecule has 0 unspecified atom stereocenters. The number of hydrogen-bond donors (Lipinski definition) is 1.